The van der Waals surface area contributed by atoms with Crippen molar-refractivity contribution >= 4 is 5.91 Å². The fraction of sp³-hybridized carbons (Fsp3) is 0.304. The number of aromatic nitrogens is 2. The maximum atomic E-state index is 13.2. The average Bonchev–Trinajstić information content (AvgIpc) is 3.16. The molecule has 1 heterocycles. The van der Waals surface area contributed by atoms with E-state index in [0.29, 0.717) is 18.3 Å². The summed E-state index contributed by atoms with van der Waals surface area (Å²) >= 11 is 0. The quantitative estimate of drug-likeness (QED) is 0.634. The summed E-state index contributed by atoms with van der Waals surface area (Å²) < 4.78 is 7.12. The van der Waals surface area contributed by atoms with Gasteiger partial charge in [-0.2, -0.15) is 5.10 Å². The van der Waals surface area contributed by atoms with Crippen molar-refractivity contribution in [3.8, 4) is 22.7 Å². The van der Waals surface area contributed by atoms with Gasteiger partial charge in [0.25, 0.3) is 5.91 Å². The van der Waals surface area contributed by atoms with Crippen LogP contribution in [0.3, 0.4) is 0 Å². The number of ether oxygens (including phenoxy) is 1. The fourth-order valence-electron chi connectivity index (χ4n) is 3.63. The molecule has 144 valence electrons. The maximum absolute atomic E-state index is 13.2. The lowest BCUT2D eigenvalue weighted by atomic mass is 9.91. The molecule has 2 aromatic carbocycles. The average molecular weight is 375 g/mol. The number of hydrogen-bond donors (Lipinski definition) is 0. The summed E-state index contributed by atoms with van der Waals surface area (Å²) in [6, 6.07) is 20.0. The van der Waals surface area contributed by atoms with Crippen LogP contribution in [0.25, 0.3) is 16.9 Å². The van der Waals surface area contributed by atoms with Crippen LogP contribution >= 0.6 is 0 Å². The van der Waals surface area contributed by atoms with Gasteiger partial charge >= 0.3 is 0 Å². The highest BCUT2D eigenvalue weighted by atomic mass is 16.5. The molecule has 0 bridgehead atoms. The number of hydrogen-bond acceptors (Lipinski definition) is 3. The Bertz CT molecular complexity index is 944. The number of carbonyl (C=O) groups is 1. The molecule has 0 radical (unpaired) electrons. The minimum Gasteiger partial charge on any atom is -0.497 e. The predicted molar refractivity (Wildman–Crippen MR) is 110 cm³/mol. The Balaban J connectivity index is 1.76. The molecule has 5 heteroatoms. The minimum atomic E-state index is 0.0108. The standard InChI is InChI=1S/C23H25N3O2/c1-3-25(18-10-7-11-18)23(27)21-16-22(17-12-14-20(28-2)15-13-17)26(24-21)19-8-5-4-6-9-19/h4-6,8-9,12-16,18H,3,7,10-11H2,1-2H3. The van der Waals surface area contributed by atoms with Crippen molar-refractivity contribution in [1.82, 2.24) is 14.7 Å². The van der Waals surface area contributed by atoms with E-state index in [2.05, 4.69) is 0 Å². The third-order valence-corrected chi connectivity index (χ3v) is 5.43. The first-order valence-corrected chi connectivity index (χ1v) is 9.82. The molecular formula is C23H25N3O2. The van der Waals surface area contributed by atoms with Crippen LogP contribution in [-0.4, -0.2) is 40.3 Å². The van der Waals surface area contributed by atoms with Crippen molar-refractivity contribution in [2.75, 3.05) is 13.7 Å². The van der Waals surface area contributed by atoms with E-state index in [0.717, 1.165) is 35.5 Å². The first-order valence-electron chi connectivity index (χ1n) is 9.82. The van der Waals surface area contributed by atoms with Crippen molar-refractivity contribution in [1.29, 1.82) is 0 Å². The predicted octanol–water partition coefficient (Wildman–Crippen LogP) is 4.56. The lowest BCUT2D eigenvalue weighted by Gasteiger charge is -2.36. The molecule has 0 atom stereocenters. The van der Waals surface area contributed by atoms with Gasteiger partial charge in [0.2, 0.25) is 0 Å². The third-order valence-electron chi connectivity index (χ3n) is 5.43. The Kier molecular flexibility index (Phi) is 5.15. The number of para-hydroxylation sites is 1. The van der Waals surface area contributed by atoms with E-state index in [1.165, 1.54) is 6.42 Å². The largest absolute Gasteiger partial charge is 0.497 e. The van der Waals surface area contributed by atoms with Gasteiger partial charge in [-0.05, 0) is 68.7 Å². The number of methoxy groups -OCH3 is 1. The summed E-state index contributed by atoms with van der Waals surface area (Å²) in [5, 5.41) is 4.70. The molecule has 4 rings (SSSR count). The smallest absolute Gasteiger partial charge is 0.274 e. The number of nitrogens with zero attached hydrogens (tertiary/aromatic N) is 3. The molecule has 1 fully saturated rings. The minimum absolute atomic E-state index is 0.0108. The lowest BCUT2D eigenvalue weighted by molar-refractivity contribution is 0.0589. The summed E-state index contributed by atoms with van der Waals surface area (Å²) in [5.74, 6) is 0.810. The van der Waals surface area contributed by atoms with Crippen molar-refractivity contribution in [3.05, 3.63) is 66.4 Å². The summed E-state index contributed by atoms with van der Waals surface area (Å²) in [6.07, 6.45) is 3.37. The Morgan fingerprint density at radius 1 is 1.14 bits per heavy atom. The van der Waals surface area contributed by atoms with Gasteiger partial charge in [0.05, 0.1) is 18.5 Å². The molecule has 1 amide bonds. The van der Waals surface area contributed by atoms with Gasteiger partial charge in [-0.1, -0.05) is 18.2 Å². The molecule has 0 unspecified atom stereocenters. The van der Waals surface area contributed by atoms with E-state index in [-0.39, 0.29) is 5.91 Å². The highest BCUT2D eigenvalue weighted by Gasteiger charge is 2.30. The second kappa shape index (κ2) is 7.89. The van der Waals surface area contributed by atoms with E-state index in [9.17, 15) is 4.79 Å². The number of amides is 1. The van der Waals surface area contributed by atoms with Gasteiger partial charge in [-0.3, -0.25) is 4.79 Å². The van der Waals surface area contributed by atoms with Gasteiger partial charge in [-0.25, -0.2) is 4.68 Å². The number of carbonyl (C=O) groups excluding carboxylic acids is 1. The van der Waals surface area contributed by atoms with Crippen molar-refractivity contribution in [3.63, 3.8) is 0 Å². The molecule has 0 N–H and O–H groups in total. The van der Waals surface area contributed by atoms with Crippen molar-refractivity contribution < 1.29 is 9.53 Å². The molecule has 1 saturated carbocycles. The van der Waals surface area contributed by atoms with E-state index >= 15 is 0 Å². The van der Waals surface area contributed by atoms with E-state index in [4.69, 9.17) is 9.84 Å². The highest BCUT2D eigenvalue weighted by Crippen LogP contribution is 2.29. The van der Waals surface area contributed by atoms with Gasteiger partial charge in [0.15, 0.2) is 5.69 Å². The zero-order chi connectivity index (χ0) is 19.5. The molecule has 0 aliphatic heterocycles. The van der Waals surface area contributed by atoms with Gasteiger partial charge in [0.1, 0.15) is 5.75 Å². The molecule has 5 nitrogen and oxygen atoms in total. The number of rotatable bonds is 6. The first kappa shape index (κ1) is 18.3. The Morgan fingerprint density at radius 3 is 2.43 bits per heavy atom. The molecule has 1 aromatic heterocycles. The Labute approximate surface area is 165 Å². The van der Waals surface area contributed by atoms with Crippen LogP contribution in [0.1, 0.15) is 36.7 Å². The third kappa shape index (κ3) is 3.40. The van der Waals surface area contributed by atoms with Crippen LogP contribution < -0.4 is 4.74 Å². The molecule has 1 aliphatic rings. The second-order valence-electron chi connectivity index (χ2n) is 7.07. The summed E-state index contributed by atoms with van der Waals surface area (Å²) in [5.41, 5.74) is 3.30. The fourth-order valence-corrected chi connectivity index (χ4v) is 3.63. The molecule has 3 aromatic rings. The maximum Gasteiger partial charge on any atom is 0.274 e. The summed E-state index contributed by atoms with van der Waals surface area (Å²) in [4.78, 5) is 15.1. The van der Waals surface area contributed by atoms with Crippen LogP contribution in [0.15, 0.2) is 60.7 Å². The summed E-state index contributed by atoms with van der Waals surface area (Å²) in [7, 11) is 1.65. The SMILES string of the molecule is CCN(C(=O)c1cc(-c2ccc(OC)cc2)n(-c2ccccc2)n1)C1CCC1. The number of benzene rings is 2. The Morgan fingerprint density at radius 2 is 1.86 bits per heavy atom. The molecule has 28 heavy (non-hydrogen) atoms. The molecular weight excluding hydrogens is 350 g/mol. The lowest BCUT2D eigenvalue weighted by Crippen LogP contribution is -2.44. The van der Waals surface area contributed by atoms with Gasteiger partial charge < -0.3 is 9.64 Å². The van der Waals surface area contributed by atoms with Crippen LogP contribution in [-0.2, 0) is 0 Å². The van der Waals surface area contributed by atoms with E-state index < -0.39 is 0 Å². The zero-order valence-corrected chi connectivity index (χ0v) is 16.3. The van der Waals surface area contributed by atoms with Crippen LogP contribution in [0.2, 0.25) is 0 Å². The normalized spacial score (nSPS) is 13.8. The summed E-state index contributed by atoms with van der Waals surface area (Å²) in [6.45, 7) is 2.74. The van der Waals surface area contributed by atoms with Crippen LogP contribution in [0, 0.1) is 0 Å². The van der Waals surface area contributed by atoms with Crippen LogP contribution in [0.5, 0.6) is 5.75 Å². The van der Waals surface area contributed by atoms with Crippen LogP contribution in [0.4, 0.5) is 0 Å². The zero-order valence-electron chi connectivity index (χ0n) is 16.3. The van der Waals surface area contributed by atoms with Gasteiger partial charge in [-0.15, -0.1) is 0 Å². The van der Waals surface area contributed by atoms with E-state index in [1.54, 1.807) is 7.11 Å². The van der Waals surface area contributed by atoms with Gasteiger partial charge in [0, 0.05) is 18.2 Å². The topological polar surface area (TPSA) is 47.4 Å². The first-order chi connectivity index (χ1) is 13.7. The molecule has 1 aliphatic carbocycles. The highest BCUT2D eigenvalue weighted by molar-refractivity contribution is 5.94. The second-order valence-corrected chi connectivity index (χ2v) is 7.07. The molecule has 0 spiro atoms. The van der Waals surface area contributed by atoms with Crippen molar-refractivity contribution in [2.24, 2.45) is 0 Å². The Hall–Kier alpha value is -3.08. The van der Waals surface area contributed by atoms with E-state index in [1.807, 2.05) is 77.2 Å². The monoisotopic (exact) mass is 375 g/mol. The molecule has 0 saturated heterocycles. The van der Waals surface area contributed by atoms with Crippen molar-refractivity contribution in [2.45, 2.75) is 32.2 Å².